The maximum Gasteiger partial charge on any atom is 0.243 e. The Hall–Kier alpha value is -2.25. The molecule has 2 aromatic rings. The minimum atomic E-state index is -3.72. The number of benzene rings is 2. The summed E-state index contributed by atoms with van der Waals surface area (Å²) >= 11 is 6.05. The zero-order valence-corrected chi connectivity index (χ0v) is 18.8. The van der Waals surface area contributed by atoms with E-state index in [-0.39, 0.29) is 12.6 Å². The second kappa shape index (κ2) is 9.50. The maximum absolute atomic E-state index is 12.8. The molecule has 0 radical (unpaired) electrons. The number of hydrogen-bond donors (Lipinski definition) is 1. The maximum atomic E-state index is 12.8. The van der Waals surface area contributed by atoms with Gasteiger partial charge in [0, 0.05) is 5.02 Å². The fourth-order valence-electron chi connectivity index (χ4n) is 2.94. The lowest BCUT2D eigenvalue weighted by Gasteiger charge is -2.30. The first kappa shape index (κ1) is 23.0. The molecule has 0 heterocycles. The molecule has 0 spiro atoms. The van der Waals surface area contributed by atoms with Crippen LogP contribution in [0.4, 0.5) is 5.69 Å². The van der Waals surface area contributed by atoms with Gasteiger partial charge in [-0.25, -0.2) is 8.42 Å². The van der Waals surface area contributed by atoms with Gasteiger partial charge in [0.25, 0.3) is 0 Å². The number of nitrogens with zero attached hydrogens (tertiary/aromatic N) is 1. The van der Waals surface area contributed by atoms with E-state index in [0.717, 1.165) is 21.9 Å². The smallest absolute Gasteiger partial charge is 0.243 e. The largest absolute Gasteiger partial charge is 0.491 e. The van der Waals surface area contributed by atoms with E-state index in [2.05, 4.69) is 5.32 Å². The summed E-state index contributed by atoms with van der Waals surface area (Å²) in [6.07, 6.45) is 1.07. The van der Waals surface area contributed by atoms with Crippen molar-refractivity contribution in [2.75, 3.05) is 17.2 Å². The monoisotopic (exact) mass is 438 g/mol. The predicted octanol–water partition coefficient (Wildman–Crippen LogP) is 3.70. The van der Waals surface area contributed by atoms with Crippen molar-refractivity contribution >= 4 is 33.2 Å². The number of anilines is 1. The van der Waals surface area contributed by atoms with Crippen LogP contribution in [0.2, 0.25) is 5.02 Å². The number of ether oxygens (including phenoxy) is 1. The molecule has 6 nitrogen and oxygen atoms in total. The highest BCUT2D eigenvalue weighted by Crippen LogP contribution is 2.28. The van der Waals surface area contributed by atoms with Crippen molar-refractivity contribution in [1.82, 2.24) is 5.32 Å². The predicted molar refractivity (Wildman–Crippen MR) is 117 cm³/mol. The number of halogens is 1. The third kappa shape index (κ3) is 6.11. The third-order valence-corrected chi connectivity index (χ3v) is 5.93. The van der Waals surface area contributed by atoms with Crippen molar-refractivity contribution in [3.63, 3.8) is 0 Å². The van der Waals surface area contributed by atoms with E-state index in [0.29, 0.717) is 16.3 Å². The molecular formula is C21H27ClN2O4S. The van der Waals surface area contributed by atoms with Crippen LogP contribution in [-0.4, -0.2) is 39.3 Å². The number of aryl methyl sites for hydroxylation is 2. The van der Waals surface area contributed by atoms with Gasteiger partial charge < -0.3 is 10.1 Å². The van der Waals surface area contributed by atoms with Gasteiger partial charge in [0.05, 0.1) is 18.0 Å². The minimum absolute atomic E-state index is 0.262. The van der Waals surface area contributed by atoms with E-state index >= 15 is 0 Å². The van der Waals surface area contributed by atoms with E-state index in [1.807, 2.05) is 31.2 Å². The first-order valence-electron chi connectivity index (χ1n) is 9.25. The Morgan fingerprint density at radius 3 is 2.41 bits per heavy atom. The normalized spacial score (nSPS) is 13.4. The fourth-order valence-corrected chi connectivity index (χ4v) is 4.33. The number of rotatable bonds is 8. The molecule has 0 saturated carbocycles. The van der Waals surface area contributed by atoms with Gasteiger partial charge in [-0.1, -0.05) is 35.9 Å². The standard InChI is InChI=1S/C21H27ClN2O4S/c1-14-10-11-18(22)12-19(14)24(29(5,26)27)17(4)21(25)23-16(3)13-28-20-9-7-6-8-15(20)2/h6-12,16-17H,13H2,1-5H3,(H,23,25)/t16-,17+/m0/s1. The Bertz CT molecular complexity index is 978. The fraction of sp³-hybridized carbons (Fsp3) is 0.381. The van der Waals surface area contributed by atoms with E-state index in [9.17, 15) is 13.2 Å². The average Bonchev–Trinajstić information content (AvgIpc) is 2.63. The number of carbonyl (C=O) groups is 1. The molecule has 1 N–H and O–H groups in total. The number of sulfonamides is 1. The van der Waals surface area contributed by atoms with Gasteiger partial charge in [-0.15, -0.1) is 0 Å². The molecule has 2 aromatic carbocycles. The van der Waals surface area contributed by atoms with Crippen molar-refractivity contribution in [3.8, 4) is 5.75 Å². The highest BCUT2D eigenvalue weighted by atomic mass is 35.5. The van der Waals surface area contributed by atoms with Crippen LogP contribution in [-0.2, 0) is 14.8 Å². The Kier molecular flexibility index (Phi) is 7.54. The molecule has 0 aliphatic heterocycles. The quantitative estimate of drug-likeness (QED) is 0.681. The Morgan fingerprint density at radius 2 is 1.79 bits per heavy atom. The zero-order chi connectivity index (χ0) is 21.8. The first-order chi connectivity index (χ1) is 13.5. The number of amides is 1. The number of nitrogens with one attached hydrogen (secondary N) is 1. The lowest BCUT2D eigenvalue weighted by molar-refractivity contribution is -0.122. The van der Waals surface area contributed by atoms with Crippen molar-refractivity contribution in [2.45, 2.75) is 39.8 Å². The molecule has 158 valence electrons. The highest BCUT2D eigenvalue weighted by molar-refractivity contribution is 7.92. The van der Waals surface area contributed by atoms with E-state index < -0.39 is 22.0 Å². The second-order valence-corrected chi connectivity index (χ2v) is 9.45. The van der Waals surface area contributed by atoms with Crippen molar-refractivity contribution in [1.29, 1.82) is 0 Å². The average molecular weight is 439 g/mol. The summed E-state index contributed by atoms with van der Waals surface area (Å²) in [6, 6.07) is 11.3. The van der Waals surface area contributed by atoms with Gasteiger partial charge >= 0.3 is 0 Å². The van der Waals surface area contributed by atoms with Crippen LogP contribution >= 0.6 is 11.6 Å². The van der Waals surface area contributed by atoms with Gasteiger partial charge in [0.15, 0.2) is 0 Å². The van der Waals surface area contributed by atoms with Gasteiger partial charge in [0.2, 0.25) is 15.9 Å². The topological polar surface area (TPSA) is 75.7 Å². The van der Waals surface area contributed by atoms with Crippen LogP contribution in [0.3, 0.4) is 0 Å². The molecule has 0 aliphatic rings. The summed E-state index contributed by atoms with van der Waals surface area (Å²) in [4.78, 5) is 12.8. The SMILES string of the molecule is Cc1ccccc1OC[C@H](C)NC(=O)[C@@H](C)N(c1cc(Cl)ccc1C)S(C)(=O)=O. The van der Waals surface area contributed by atoms with E-state index in [4.69, 9.17) is 16.3 Å². The lowest BCUT2D eigenvalue weighted by atomic mass is 10.1. The van der Waals surface area contributed by atoms with Crippen molar-refractivity contribution in [2.24, 2.45) is 0 Å². The second-order valence-electron chi connectivity index (χ2n) is 7.15. The molecule has 2 atom stereocenters. The molecule has 0 saturated heterocycles. The molecule has 0 unspecified atom stereocenters. The van der Waals surface area contributed by atoms with Gasteiger partial charge in [-0.05, 0) is 57.0 Å². The minimum Gasteiger partial charge on any atom is -0.491 e. The van der Waals surface area contributed by atoms with Crippen LogP contribution in [0, 0.1) is 13.8 Å². The van der Waals surface area contributed by atoms with Crippen molar-refractivity contribution < 1.29 is 17.9 Å². The third-order valence-electron chi connectivity index (χ3n) is 4.47. The molecule has 0 aromatic heterocycles. The van der Waals surface area contributed by atoms with Gasteiger partial charge in [0.1, 0.15) is 18.4 Å². The lowest BCUT2D eigenvalue weighted by Crippen LogP contribution is -2.51. The highest BCUT2D eigenvalue weighted by Gasteiger charge is 2.31. The Labute approximate surface area is 177 Å². The molecular weight excluding hydrogens is 412 g/mol. The molecule has 0 aliphatic carbocycles. The zero-order valence-electron chi connectivity index (χ0n) is 17.3. The molecule has 29 heavy (non-hydrogen) atoms. The van der Waals surface area contributed by atoms with Gasteiger partial charge in [-0.2, -0.15) is 0 Å². The number of carbonyl (C=O) groups excluding carboxylic acids is 1. The summed E-state index contributed by atoms with van der Waals surface area (Å²) < 4.78 is 31.8. The molecule has 0 bridgehead atoms. The molecule has 8 heteroatoms. The summed E-state index contributed by atoms with van der Waals surface area (Å²) in [5, 5.41) is 3.22. The molecule has 1 amide bonds. The van der Waals surface area contributed by atoms with E-state index in [1.54, 1.807) is 39.0 Å². The van der Waals surface area contributed by atoms with E-state index in [1.165, 1.54) is 0 Å². The van der Waals surface area contributed by atoms with Crippen molar-refractivity contribution in [3.05, 3.63) is 58.6 Å². The number of para-hydroxylation sites is 1. The molecule has 0 fully saturated rings. The van der Waals surface area contributed by atoms with Gasteiger partial charge in [-0.3, -0.25) is 9.10 Å². The van der Waals surface area contributed by atoms with Crippen LogP contribution in [0.5, 0.6) is 5.75 Å². The number of hydrogen-bond acceptors (Lipinski definition) is 4. The summed E-state index contributed by atoms with van der Waals surface area (Å²) in [5.41, 5.74) is 2.08. The summed E-state index contributed by atoms with van der Waals surface area (Å²) in [6.45, 7) is 7.33. The van der Waals surface area contributed by atoms with Crippen LogP contribution in [0.1, 0.15) is 25.0 Å². The van der Waals surface area contributed by atoms with Crippen LogP contribution < -0.4 is 14.4 Å². The Balaban J connectivity index is 2.13. The van der Waals surface area contributed by atoms with Crippen LogP contribution in [0.15, 0.2) is 42.5 Å². The van der Waals surface area contributed by atoms with Crippen LogP contribution in [0.25, 0.3) is 0 Å². The Morgan fingerprint density at radius 1 is 1.14 bits per heavy atom. The first-order valence-corrected chi connectivity index (χ1v) is 11.5. The summed E-state index contributed by atoms with van der Waals surface area (Å²) in [7, 11) is -3.72. The molecule has 2 rings (SSSR count). The summed E-state index contributed by atoms with van der Waals surface area (Å²) in [5.74, 6) is 0.324.